The summed E-state index contributed by atoms with van der Waals surface area (Å²) in [6, 6.07) is 0. The summed E-state index contributed by atoms with van der Waals surface area (Å²) in [7, 11) is 0. The summed E-state index contributed by atoms with van der Waals surface area (Å²) in [4.78, 5) is 11.5. The Morgan fingerprint density at radius 3 is 2.67 bits per heavy atom. The lowest BCUT2D eigenvalue weighted by molar-refractivity contribution is -0.148. The average molecular weight is 456 g/mol. The van der Waals surface area contributed by atoms with Crippen molar-refractivity contribution in [1.29, 1.82) is 0 Å². The van der Waals surface area contributed by atoms with Crippen molar-refractivity contribution in [3.05, 3.63) is 11.6 Å². The lowest BCUT2D eigenvalue weighted by Gasteiger charge is -2.58. The van der Waals surface area contributed by atoms with Crippen LogP contribution in [0.2, 0.25) is 0 Å². The number of fused-ring (bicyclic) bond motifs is 7. The molecule has 0 aromatic carbocycles. The zero-order chi connectivity index (χ0) is 23.2. The Morgan fingerprint density at radius 2 is 1.94 bits per heavy atom. The normalized spacial score (nSPS) is 55.2. The molecule has 4 aliphatic carbocycles. The SMILES string of the molecule is CC(=O)O[C@H]1CC[C@@]2(C)C(=CC[C@H]3[C@@H]4C[C@@H]5O[C@@]6(CC[C@@H](C)CN6)[C@@H](C)[C@@H]5[C@@]4(C)CC[C@@H]32)C1. The molecule has 11 atom stereocenters. The summed E-state index contributed by atoms with van der Waals surface area (Å²) >= 11 is 0. The molecular formula is C29H45NO3. The molecule has 33 heavy (non-hydrogen) atoms. The van der Waals surface area contributed by atoms with E-state index in [9.17, 15) is 4.79 Å². The number of nitrogens with one attached hydrogen (secondary N) is 1. The number of hydrogen-bond acceptors (Lipinski definition) is 4. The molecule has 3 saturated carbocycles. The van der Waals surface area contributed by atoms with Crippen molar-refractivity contribution in [2.24, 2.45) is 46.3 Å². The molecule has 0 amide bonds. The number of carbonyl (C=O) groups excluding carboxylic acids is 1. The van der Waals surface area contributed by atoms with Gasteiger partial charge >= 0.3 is 5.97 Å². The van der Waals surface area contributed by atoms with Gasteiger partial charge in [-0.05, 0) is 91.8 Å². The third-order valence-corrected chi connectivity index (χ3v) is 11.9. The number of hydrogen-bond donors (Lipinski definition) is 1. The highest BCUT2D eigenvalue weighted by Gasteiger charge is 2.68. The Hall–Kier alpha value is -0.870. The number of ether oxygens (including phenoxy) is 2. The van der Waals surface area contributed by atoms with Gasteiger partial charge in [-0.1, -0.05) is 39.3 Å². The second-order valence-corrected chi connectivity index (χ2v) is 13.4. The predicted octanol–water partition coefficient (Wildman–Crippen LogP) is 5.86. The second-order valence-electron chi connectivity index (χ2n) is 13.4. The minimum atomic E-state index is -0.127. The van der Waals surface area contributed by atoms with E-state index in [-0.39, 0.29) is 17.8 Å². The van der Waals surface area contributed by atoms with Gasteiger partial charge in [-0.3, -0.25) is 10.1 Å². The standard InChI is InChI=1S/C29H45NO3/c1-17-8-13-29(30-16-17)18(2)26-25(33-29)15-24-22-7-6-20-14-21(32-19(3)31)9-11-27(20,4)23(22)10-12-28(24,26)5/h6,17-18,21-26,30H,7-16H2,1-5H3/t17-,18+,21+,22-,23+,24+,25+,26+,27+,28+,29+/m1/s1. The highest BCUT2D eigenvalue weighted by atomic mass is 16.5. The van der Waals surface area contributed by atoms with Crippen molar-refractivity contribution in [2.45, 2.75) is 110 Å². The summed E-state index contributed by atoms with van der Waals surface area (Å²) < 4.78 is 12.6. The van der Waals surface area contributed by atoms with Crippen LogP contribution >= 0.6 is 0 Å². The van der Waals surface area contributed by atoms with Crippen LogP contribution in [0.15, 0.2) is 11.6 Å². The molecule has 1 spiro atoms. The Kier molecular flexibility index (Phi) is 5.18. The van der Waals surface area contributed by atoms with Gasteiger partial charge in [0.1, 0.15) is 11.8 Å². The Labute approximate surface area is 200 Å². The van der Waals surface area contributed by atoms with Crippen molar-refractivity contribution in [2.75, 3.05) is 6.54 Å². The molecule has 2 saturated heterocycles. The van der Waals surface area contributed by atoms with E-state index in [2.05, 4.69) is 39.1 Å². The van der Waals surface area contributed by atoms with Gasteiger partial charge in [-0.15, -0.1) is 0 Å². The third-order valence-electron chi connectivity index (χ3n) is 11.9. The van der Waals surface area contributed by atoms with Crippen LogP contribution in [0.4, 0.5) is 0 Å². The molecule has 1 N–H and O–H groups in total. The summed E-state index contributed by atoms with van der Waals surface area (Å²) in [5, 5.41) is 3.88. The summed E-state index contributed by atoms with van der Waals surface area (Å²) in [5.74, 6) is 4.30. The number of carbonyl (C=O) groups is 1. The van der Waals surface area contributed by atoms with Gasteiger partial charge in [0, 0.05) is 25.8 Å². The van der Waals surface area contributed by atoms with Gasteiger partial charge in [0.15, 0.2) is 0 Å². The first-order valence-corrected chi connectivity index (χ1v) is 14.0. The molecule has 0 aromatic rings. The van der Waals surface area contributed by atoms with Crippen molar-refractivity contribution in [1.82, 2.24) is 5.32 Å². The van der Waals surface area contributed by atoms with Crippen molar-refractivity contribution < 1.29 is 14.3 Å². The van der Waals surface area contributed by atoms with Crippen LogP contribution in [0, 0.1) is 46.3 Å². The van der Waals surface area contributed by atoms with Crippen molar-refractivity contribution in [3.63, 3.8) is 0 Å². The van der Waals surface area contributed by atoms with Crippen LogP contribution in [0.5, 0.6) is 0 Å². The van der Waals surface area contributed by atoms with Gasteiger partial charge in [0.25, 0.3) is 0 Å². The van der Waals surface area contributed by atoms with E-state index < -0.39 is 0 Å². The van der Waals surface area contributed by atoms with E-state index >= 15 is 0 Å². The Morgan fingerprint density at radius 1 is 1.12 bits per heavy atom. The maximum Gasteiger partial charge on any atom is 0.302 e. The van der Waals surface area contributed by atoms with E-state index in [1.807, 2.05) is 0 Å². The molecule has 2 aliphatic heterocycles. The molecule has 5 fully saturated rings. The highest BCUT2D eigenvalue weighted by Crippen LogP contribution is 2.70. The molecule has 0 radical (unpaired) electrons. The van der Waals surface area contributed by atoms with E-state index in [4.69, 9.17) is 9.47 Å². The molecule has 0 bridgehead atoms. The molecular weight excluding hydrogens is 410 g/mol. The van der Waals surface area contributed by atoms with Crippen LogP contribution in [0.1, 0.15) is 92.4 Å². The Balaban J connectivity index is 1.24. The number of allylic oxidation sites excluding steroid dienone is 1. The zero-order valence-corrected chi connectivity index (χ0v) is 21.5. The topological polar surface area (TPSA) is 47.6 Å². The maximum absolute atomic E-state index is 11.5. The number of esters is 1. The van der Waals surface area contributed by atoms with E-state index in [1.165, 1.54) is 44.9 Å². The van der Waals surface area contributed by atoms with Crippen LogP contribution in [-0.4, -0.2) is 30.4 Å². The lowest BCUT2D eigenvalue weighted by Crippen LogP contribution is -2.57. The summed E-state index contributed by atoms with van der Waals surface area (Å²) in [5.41, 5.74) is 2.24. The van der Waals surface area contributed by atoms with Gasteiger partial charge in [-0.2, -0.15) is 0 Å². The number of piperidine rings is 1. The minimum Gasteiger partial charge on any atom is -0.462 e. The first-order chi connectivity index (χ1) is 15.7. The fraction of sp³-hybridized carbons (Fsp3) is 0.897. The van der Waals surface area contributed by atoms with Gasteiger partial charge in [-0.25, -0.2) is 0 Å². The van der Waals surface area contributed by atoms with Gasteiger partial charge in [0.2, 0.25) is 0 Å². The van der Waals surface area contributed by atoms with E-state index in [0.717, 1.165) is 43.1 Å². The molecule has 6 aliphatic rings. The largest absolute Gasteiger partial charge is 0.462 e. The molecule has 0 unspecified atom stereocenters. The van der Waals surface area contributed by atoms with E-state index in [0.29, 0.717) is 28.8 Å². The quantitative estimate of drug-likeness (QED) is 0.397. The first kappa shape index (κ1) is 22.6. The number of rotatable bonds is 1. The zero-order valence-electron chi connectivity index (χ0n) is 21.5. The van der Waals surface area contributed by atoms with Crippen molar-refractivity contribution >= 4 is 5.97 Å². The molecule has 4 nitrogen and oxygen atoms in total. The van der Waals surface area contributed by atoms with Gasteiger partial charge < -0.3 is 9.47 Å². The molecule has 184 valence electrons. The summed E-state index contributed by atoms with van der Waals surface area (Å²) in [6.07, 6.45) is 13.9. The highest BCUT2D eigenvalue weighted by molar-refractivity contribution is 5.66. The smallest absolute Gasteiger partial charge is 0.302 e. The monoisotopic (exact) mass is 455 g/mol. The maximum atomic E-state index is 11.5. The van der Waals surface area contributed by atoms with Crippen LogP contribution < -0.4 is 5.32 Å². The fourth-order valence-corrected chi connectivity index (χ4v) is 10.2. The molecule has 0 aromatic heterocycles. The third kappa shape index (κ3) is 3.18. The molecule has 4 heteroatoms. The average Bonchev–Trinajstić information content (AvgIpc) is 3.21. The second kappa shape index (κ2) is 7.56. The molecule has 6 rings (SSSR count). The van der Waals surface area contributed by atoms with Crippen LogP contribution in [-0.2, 0) is 14.3 Å². The van der Waals surface area contributed by atoms with E-state index in [1.54, 1.807) is 12.5 Å². The first-order valence-electron chi connectivity index (χ1n) is 14.0. The predicted molar refractivity (Wildman–Crippen MR) is 129 cm³/mol. The lowest BCUT2D eigenvalue weighted by atomic mass is 9.47. The minimum absolute atomic E-state index is 0.0621. The van der Waals surface area contributed by atoms with Gasteiger partial charge in [0.05, 0.1) is 6.10 Å². The molecule has 2 heterocycles. The summed E-state index contributed by atoms with van der Waals surface area (Å²) in [6.45, 7) is 12.7. The van der Waals surface area contributed by atoms with Crippen molar-refractivity contribution in [3.8, 4) is 0 Å². The fourth-order valence-electron chi connectivity index (χ4n) is 10.2. The van der Waals surface area contributed by atoms with Crippen LogP contribution in [0.3, 0.4) is 0 Å². The van der Waals surface area contributed by atoms with Crippen LogP contribution in [0.25, 0.3) is 0 Å². The Bertz CT molecular complexity index is 844.